The van der Waals surface area contributed by atoms with Crippen LogP contribution >= 0.6 is 0 Å². The Hall–Kier alpha value is -1.63. The van der Waals surface area contributed by atoms with E-state index in [-0.39, 0.29) is 12.0 Å². The second-order valence-electron chi connectivity index (χ2n) is 3.56. The van der Waals surface area contributed by atoms with Crippen molar-refractivity contribution in [2.24, 2.45) is 0 Å². The minimum atomic E-state index is -0.423. The van der Waals surface area contributed by atoms with Crippen molar-refractivity contribution in [2.75, 3.05) is 24.2 Å². The summed E-state index contributed by atoms with van der Waals surface area (Å²) in [5.74, 6) is 0.409. The minimum Gasteiger partial charge on any atom is -0.464 e. The van der Waals surface area contributed by atoms with Gasteiger partial charge in [0.05, 0.1) is 12.7 Å². The van der Waals surface area contributed by atoms with Crippen molar-refractivity contribution in [3.05, 3.63) is 0 Å². The third-order valence-corrected chi connectivity index (χ3v) is 2.02. The zero-order valence-corrected chi connectivity index (χ0v) is 10.2. The molecule has 0 spiro atoms. The molecule has 0 aliphatic heterocycles. The average Bonchev–Trinajstić information content (AvgIpc) is 2.26. The van der Waals surface area contributed by atoms with Gasteiger partial charge in [0, 0.05) is 6.54 Å². The molecule has 0 radical (unpaired) electrons. The Bertz CT molecular complexity index is 347. The molecule has 1 rings (SSSR count). The molecular weight excluding hydrogens is 222 g/mol. The van der Waals surface area contributed by atoms with Crippen molar-refractivity contribution < 1.29 is 9.84 Å². The van der Waals surface area contributed by atoms with E-state index in [0.717, 1.165) is 12.8 Å². The molecule has 17 heavy (non-hydrogen) atoms. The maximum Gasteiger partial charge on any atom is 0.323 e. The van der Waals surface area contributed by atoms with Gasteiger partial charge in [0.2, 0.25) is 11.9 Å². The Labute approximate surface area is 100 Å². The van der Waals surface area contributed by atoms with Crippen LogP contribution in [0.25, 0.3) is 0 Å². The molecule has 1 unspecified atom stereocenters. The van der Waals surface area contributed by atoms with Crippen LogP contribution in [0, 0.1) is 0 Å². The fraction of sp³-hybridized carbons (Fsp3) is 0.700. The number of ether oxygens (including phenoxy) is 1. The summed E-state index contributed by atoms with van der Waals surface area (Å²) < 4.78 is 5.14. The number of nitrogen functional groups attached to an aromatic ring is 1. The largest absolute Gasteiger partial charge is 0.464 e. The summed E-state index contributed by atoms with van der Waals surface area (Å²) in [6, 6.07) is 0.187. The zero-order valence-electron chi connectivity index (χ0n) is 10.2. The fourth-order valence-electron chi connectivity index (χ4n) is 1.29. The van der Waals surface area contributed by atoms with E-state index in [1.165, 1.54) is 0 Å². The highest BCUT2D eigenvalue weighted by molar-refractivity contribution is 5.32. The van der Waals surface area contributed by atoms with Crippen LogP contribution in [-0.2, 0) is 0 Å². The molecule has 96 valence electrons. The van der Waals surface area contributed by atoms with Crippen LogP contribution in [0.3, 0.4) is 0 Å². The van der Waals surface area contributed by atoms with Crippen molar-refractivity contribution in [3.8, 4) is 6.01 Å². The fourth-order valence-corrected chi connectivity index (χ4v) is 1.29. The first kappa shape index (κ1) is 13.4. The Morgan fingerprint density at radius 2 is 2.12 bits per heavy atom. The number of aliphatic hydroxyl groups is 1. The molecule has 1 aromatic rings. The molecule has 0 aliphatic rings. The third-order valence-electron chi connectivity index (χ3n) is 2.02. The molecule has 0 aromatic carbocycles. The van der Waals surface area contributed by atoms with Gasteiger partial charge in [-0.2, -0.15) is 15.0 Å². The van der Waals surface area contributed by atoms with E-state index < -0.39 is 6.10 Å². The van der Waals surface area contributed by atoms with Crippen LogP contribution in [0.15, 0.2) is 0 Å². The summed E-state index contributed by atoms with van der Waals surface area (Å²) in [6.45, 7) is 4.68. The summed E-state index contributed by atoms with van der Waals surface area (Å²) in [7, 11) is 0. The smallest absolute Gasteiger partial charge is 0.323 e. The number of aromatic nitrogens is 3. The lowest BCUT2D eigenvalue weighted by atomic mass is 10.2. The van der Waals surface area contributed by atoms with E-state index in [2.05, 4.69) is 20.3 Å². The van der Waals surface area contributed by atoms with Gasteiger partial charge in [0.1, 0.15) is 0 Å². The summed E-state index contributed by atoms with van der Waals surface area (Å²) >= 11 is 0. The van der Waals surface area contributed by atoms with E-state index in [4.69, 9.17) is 10.5 Å². The molecule has 0 saturated carbocycles. The molecule has 0 bridgehead atoms. The number of nitrogens with zero attached hydrogens (tertiary/aromatic N) is 3. The molecule has 7 heteroatoms. The van der Waals surface area contributed by atoms with Crippen LogP contribution in [0.4, 0.5) is 11.9 Å². The van der Waals surface area contributed by atoms with Gasteiger partial charge >= 0.3 is 6.01 Å². The molecule has 1 aromatic heterocycles. The molecule has 0 aliphatic carbocycles. The number of hydrogen-bond donors (Lipinski definition) is 3. The van der Waals surface area contributed by atoms with Crippen molar-refractivity contribution >= 4 is 11.9 Å². The maximum absolute atomic E-state index is 9.56. The first-order valence-electron chi connectivity index (χ1n) is 5.72. The summed E-state index contributed by atoms with van der Waals surface area (Å²) in [5.41, 5.74) is 5.51. The van der Waals surface area contributed by atoms with Crippen LogP contribution in [0.5, 0.6) is 6.01 Å². The van der Waals surface area contributed by atoms with E-state index in [9.17, 15) is 5.11 Å². The summed E-state index contributed by atoms with van der Waals surface area (Å²) in [5, 5.41) is 12.5. The van der Waals surface area contributed by atoms with Gasteiger partial charge in [-0.05, 0) is 13.3 Å². The van der Waals surface area contributed by atoms with Gasteiger partial charge in [0.15, 0.2) is 0 Å². The molecule has 4 N–H and O–H groups in total. The lowest BCUT2D eigenvalue weighted by Crippen LogP contribution is -2.20. The first-order chi connectivity index (χ1) is 8.15. The van der Waals surface area contributed by atoms with E-state index in [1.54, 1.807) is 0 Å². The van der Waals surface area contributed by atoms with Crippen LogP contribution in [0.2, 0.25) is 0 Å². The van der Waals surface area contributed by atoms with Crippen LogP contribution in [-0.4, -0.2) is 39.3 Å². The van der Waals surface area contributed by atoms with Crippen molar-refractivity contribution in [1.29, 1.82) is 0 Å². The minimum absolute atomic E-state index is 0.0935. The molecule has 1 atom stereocenters. The highest BCUT2D eigenvalue weighted by Gasteiger charge is 2.07. The molecular formula is C10H19N5O2. The quantitative estimate of drug-likeness (QED) is 0.635. The number of aliphatic hydroxyl groups excluding tert-OH is 1. The molecule has 1 heterocycles. The van der Waals surface area contributed by atoms with Gasteiger partial charge in [-0.15, -0.1) is 0 Å². The SMILES string of the molecule is CCCC(O)CNc1nc(N)nc(OCC)n1. The Balaban J connectivity index is 2.57. The molecule has 7 nitrogen and oxygen atoms in total. The van der Waals surface area contributed by atoms with Gasteiger partial charge < -0.3 is 20.9 Å². The number of nitrogens with one attached hydrogen (secondary N) is 1. The first-order valence-corrected chi connectivity index (χ1v) is 5.72. The standard InChI is InChI=1S/C10H19N5O2/c1-3-5-7(16)6-12-9-13-8(11)14-10(15-9)17-4-2/h7,16H,3-6H2,1-2H3,(H3,11,12,13,14,15). The molecule has 0 saturated heterocycles. The van der Waals surface area contributed by atoms with Gasteiger partial charge in [-0.25, -0.2) is 0 Å². The van der Waals surface area contributed by atoms with Crippen molar-refractivity contribution in [3.63, 3.8) is 0 Å². The van der Waals surface area contributed by atoms with E-state index >= 15 is 0 Å². The second kappa shape index (κ2) is 6.85. The molecule has 0 fully saturated rings. The maximum atomic E-state index is 9.56. The highest BCUT2D eigenvalue weighted by atomic mass is 16.5. The van der Waals surface area contributed by atoms with Gasteiger partial charge in [-0.1, -0.05) is 13.3 Å². The zero-order chi connectivity index (χ0) is 12.7. The Morgan fingerprint density at radius 1 is 1.35 bits per heavy atom. The lowest BCUT2D eigenvalue weighted by Gasteiger charge is -2.11. The van der Waals surface area contributed by atoms with E-state index in [1.807, 2.05) is 13.8 Å². The highest BCUT2D eigenvalue weighted by Crippen LogP contribution is 2.09. The normalized spacial score (nSPS) is 12.2. The molecule has 0 amide bonds. The van der Waals surface area contributed by atoms with Crippen LogP contribution < -0.4 is 15.8 Å². The van der Waals surface area contributed by atoms with Gasteiger partial charge in [-0.3, -0.25) is 0 Å². The summed E-state index contributed by atoms with van der Waals surface area (Å²) in [4.78, 5) is 11.7. The van der Waals surface area contributed by atoms with E-state index in [0.29, 0.717) is 19.1 Å². The number of anilines is 2. The number of nitrogens with two attached hydrogens (primary N) is 1. The monoisotopic (exact) mass is 241 g/mol. The van der Waals surface area contributed by atoms with Crippen molar-refractivity contribution in [1.82, 2.24) is 15.0 Å². The number of rotatable bonds is 7. The number of hydrogen-bond acceptors (Lipinski definition) is 7. The lowest BCUT2D eigenvalue weighted by molar-refractivity contribution is 0.176. The Morgan fingerprint density at radius 3 is 2.76 bits per heavy atom. The summed E-state index contributed by atoms with van der Waals surface area (Å²) in [6.07, 6.45) is 1.23. The van der Waals surface area contributed by atoms with Gasteiger partial charge in [0.25, 0.3) is 0 Å². The van der Waals surface area contributed by atoms with Crippen molar-refractivity contribution in [2.45, 2.75) is 32.8 Å². The van der Waals surface area contributed by atoms with Crippen LogP contribution in [0.1, 0.15) is 26.7 Å². The average molecular weight is 241 g/mol. The predicted molar refractivity (Wildman–Crippen MR) is 64.8 cm³/mol. The Kier molecular flexibility index (Phi) is 5.41. The predicted octanol–water partition coefficient (Wildman–Crippen LogP) is 0.425. The second-order valence-corrected chi connectivity index (χ2v) is 3.56. The third kappa shape index (κ3) is 4.81. The topological polar surface area (TPSA) is 106 Å².